The number of nitrogens with zero attached hydrogens (tertiary/aromatic N) is 2. The Labute approximate surface area is 223 Å². The van der Waals surface area contributed by atoms with Crippen molar-refractivity contribution in [2.75, 3.05) is 14.2 Å². The number of methoxy groups -OCH3 is 2. The molecule has 1 heterocycles. The number of ether oxygens (including phenoxy) is 4. The predicted octanol–water partition coefficient (Wildman–Crippen LogP) is 3.50. The molecule has 3 rings (SSSR count). The molecule has 1 amide bonds. The Hall–Kier alpha value is -3.40. The molecule has 206 valence electrons. The van der Waals surface area contributed by atoms with Gasteiger partial charge in [0.1, 0.15) is 18.8 Å². The lowest BCUT2D eigenvalue weighted by atomic mass is 9.57. The molecule has 1 spiro atoms. The zero-order valence-electron chi connectivity index (χ0n) is 22.6. The highest BCUT2D eigenvalue weighted by Gasteiger charge is 2.74. The van der Waals surface area contributed by atoms with Crippen molar-refractivity contribution in [1.29, 1.82) is 5.26 Å². The second-order valence-electron chi connectivity index (χ2n) is 10.5. The van der Waals surface area contributed by atoms with Crippen molar-refractivity contribution in [3.8, 4) is 6.07 Å². The minimum Gasteiger partial charge on any atom is -0.438 e. The third-order valence-electron chi connectivity index (χ3n) is 6.54. The maximum Gasteiger partial charge on any atom is 0.509 e. The van der Waals surface area contributed by atoms with Crippen LogP contribution in [0.1, 0.15) is 26.3 Å². The number of carbonyl (C=O) groups excluding carboxylic acids is 3. The summed E-state index contributed by atoms with van der Waals surface area (Å²) < 4.78 is 27.0. The summed E-state index contributed by atoms with van der Waals surface area (Å²) in [7, 11) is 0.450. The average Bonchev–Trinajstić information content (AvgIpc) is 2.87. The summed E-state index contributed by atoms with van der Waals surface area (Å²) in [5.41, 5.74) is -3.42. The van der Waals surface area contributed by atoms with E-state index in [1.54, 1.807) is 20.8 Å². The molecule has 1 aliphatic carbocycles. The van der Waals surface area contributed by atoms with Gasteiger partial charge in [-0.3, -0.25) is 9.63 Å². The van der Waals surface area contributed by atoms with Crippen LogP contribution in [0.5, 0.6) is 0 Å². The average molecular weight is 547 g/mol. The van der Waals surface area contributed by atoms with E-state index >= 15 is 0 Å². The summed E-state index contributed by atoms with van der Waals surface area (Å²) in [6.07, 6.45) is -1.62. The monoisotopic (exact) mass is 546 g/mol. The molecular formula is C26H34N2O9Si. The van der Waals surface area contributed by atoms with Crippen LogP contribution >= 0.6 is 0 Å². The first kappa shape index (κ1) is 29.2. The van der Waals surface area contributed by atoms with Gasteiger partial charge in [0.2, 0.25) is 5.60 Å². The first-order valence-corrected chi connectivity index (χ1v) is 14.9. The number of β-lactam (4-membered cyclic amide) rings is 1. The molecule has 2 aliphatic rings. The first-order valence-electron chi connectivity index (χ1n) is 12.2. The Morgan fingerprint density at radius 3 is 2.24 bits per heavy atom. The molecular weight excluding hydrogens is 512 g/mol. The fourth-order valence-electron chi connectivity index (χ4n) is 5.05. The molecule has 0 N–H and O–H groups in total. The molecule has 12 heteroatoms. The van der Waals surface area contributed by atoms with E-state index < -0.39 is 61.9 Å². The summed E-state index contributed by atoms with van der Waals surface area (Å²) >= 11 is 0. The number of hydrogen-bond acceptors (Lipinski definition) is 10. The molecule has 1 fully saturated rings. The van der Waals surface area contributed by atoms with E-state index in [0.29, 0.717) is 0 Å². The number of rotatable bonds is 7. The van der Waals surface area contributed by atoms with Crippen molar-refractivity contribution in [1.82, 2.24) is 5.06 Å². The maximum absolute atomic E-state index is 13.4. The van der Waals surface area contributed by atoms with Crippen molar-refractivity contribution in [2.24, 2.45) is 11.3 Å². The third kappa shape index (κ3) is 5.27. The highest BCUT2D eigenvalue weighted by atomic mass is 28.3. The second-order valence-corrected chi connectivity index (χ2v) is 12.8. The highest BCUT2D eigenvalue weighted by Crippen LogP contribution is 2.54. The molecule has 38 heavy (non-hydrogen) atoms. The Balaban J connectivity index is 2.22. The molecule has 0 aromatic heterocycles. The Bertz CT molecular complexity index is 1110. The van der Waals surface area contributed by atoms with Gasteiger partial charge < -0.3 is 23.4 Å². The number of benzene rings is 1. The maximum atomic E-state index is 13.4. The fraction of sp³-hybridized carbons (Fsp3) is 0.538. The van der Waals surface area contributed by atoms with Crippen LogP contribution in [0.15, 0.2) is 42.5 Å². The smallest absolute Gasteiger partial charge is 0.438 e. The Morgan fingerprint density at radius 1 is 1.08 bits per heavy atom. The van der Waals surface area contributed by atoms with E-state index in [4.69, 9.17) is 23.5 Å². The van der Waals surface area contributed by atoms with Gasteiger partial charge in [0.05, 0.1) is 20.1 Å². The minimum absolute atomic E-state index is 0.0428. The highest BCUT2D eigenvalue weighted by molar-refractivity contribution is 6.48. The molecule has 1 aromatic carbocycles. The number of hydrogen-bond donors (Lipinski definition) is 0. The molecule has 0 bridgehead atoms. The van der Waals surface area contributed by atoms with Gasteiger partial charge in [-0.25, -0.2) is 14.7 Å². The molecule has 1 aliphatic heterocycles. The molecule has 5 unspecified atom stereocenters. The lowest BCUT2D eigenvalue weighted by Gasteiger charge is -2.62. The first-order chi connectivity index (χ1) is 17.9. The topological polar surface area (TPSA) is 134 Å². The molecule has 0 saturated carbocycles. The van der Waals surface area contributed by atoms with Crippen molar-refractivity contribution < 1.29 is 42.6 Å². The summed E-state index contributed by atoms with van der Waals surface area (Å²) in [6.45, 7) is 9.24. The number of amides is 1. The van der Waals surface area contributed by atoms with Gasteiger partial charge in [0, 0.05) is 0 Å². The number of nitriles is 1. The van der Waals surface area contributed by atoms with Crippen LogP contribution in [-0.2, 0) is 39.6 Å². The zero-order chi connectivity index (χ0) is 28.3. The van der Waals surface area contributed by atoms with Crippen LogP contribution < -0.4 is 0 Å². The lowest BCUT2D eigenvalue weighted by Crippen LogP contribution is -2.83. The van der Waals surface area contributed by atoms with E-state index in [1.165, 1.54) is 12.2 Å². The largest absolute Gasteiger partial charge is 0.509 e. The van der Waals surface area contributed by atoms with Gasteiger partial charge >= 0.3 is 12.3 Å². The normalized spacial score (nSPS) is 28.4. The van der Waals surface area contributed by atoms with Crippen molar-refractivity contribution in [2.45, 2.75) is 63.8 Å². The van der Waals surface area contributed by atoms with Gasteiger partial charge in [-0.2, -0.15) is 5.26 Å². The van der Waals surface area contributed by atoms with Crippen molar-refractivity contribution in [3.05, 3.63) is 48.0 Å². The van der Waals surface area contributed by atoms with Crippen LogP contribution in [0, 0.1) is 22.7 Å². The Morgan fingerprint density at radius 2 is 1.71 bits per heavy atom. The van der Waals surface area contributed by atoms with E-state index in [-0.39, 0.29) is 6.61 Å². The second kappa shape index (κ2) is 11.1. The fourth-order valence-corrected chi connectivity index (χ4v) is 5.93. The summed E-state index contributed by atoms with van der Waals surface area (Å²) in [5.74, 6) is -1.48. The van der Waals surface area contributed by atoms with Crippen LogP contribution in [0.4, 0.5) is 9.59 Å². The van der Waals surface area contributed by atoms with E-state index in [0.717, 1.165) is 24.8 Å². The van der Waals surface area contributed by atoms with Gasteiger partial charge in [0.25, 0.3) is 5.91 Å². The molecule has 11 nitrogen and oxygen atoms in total. The van der Waals surface area contributed by atoms with Gasteiger partial charge in [-0.1, -0.05) is 51.1 Å². The molecule has 1 aromatic rings. The van der Waals surface area contributed by atoms with Crippen LogP contribution in [0.25, 0.3) is 0 Å². The van der Waals surface area contributed by atoms with Gasteiger partial charge in [-0.05, 0) is 36.2 Å². The standard InChI is InChI=1S/C26H34N2O9Si/c1-24(2,3)18-19(35-22(30)32-4)26(14-13-25(18,16-27)36-23(31)33-5)20(37-38(6)7)21(29)28(26)34-15-17-11-9-8-10-12-17/h8-14,18-20,38H,15H2,1-7H3. The summed E-state index contributed by atoms with van der Waals surface area (Å²) in [5, 5.41) is 11.5. The van der Waals surface area contributed by atoms with E-state index in [2.05, 4.69) is 10.8 Å². The number of carbonyl (C=O) groups is 3. The van der Waals surface area contributed by atoms with Gasteiger partial charge in [0.15, 0.2) is 20.7 Å². The number of hydroxylamine groups is 2. The summed E-state index contributed by atoms with van der Waals surface area (Å²) in [4.78, 5) is 44.3. The molecule has 1 saturated heterocycles. The van der Waals surface area contributed by atoms with E-state index in [1.807, 2.05) is 43.4 Å². The van der Waals surface area contributed by atoms with Crippen molar-refractivity contribution in [3.63, 3.8) is 0 Å². The molecule has 5 atom stereocenters. The van der Waals surface area contributed by atoms with Crippen molar-refractivity contribution >= 4 is 27.3 Å². The third-order valence-corrected chi connectivity index (χ3v) is 7.36. The Kier molecular flexibility index (Phi) is 8.55. The van der Waals surface area contributed by atoms with Crippen LogP contribution in [0.3, 0.4) is 0 Å². The molecule has 0 radical (unpaired) electrons. The zero-order valence-corrected chi connectivity index (χ0v) is 23.8. The van der Waals surface area contributed by atoms with Crippen LogP contribution in [0.2, 0.25) is 13.1 Å². The van der Waals surface area contributed by atoms with E-state index in [9.17, 15) is 19.6 Å². The quantitative estimate of drug-likeness (QED) is 0.216. The predicted molar refractivity (Wildman–Crippen MR) is 136 cm³/mol. The van der Waals surface area contributed by atoms with Gasteiger partial charge in [-0.15, -0.1) is 0 Å². The van der Waals surface area contributed by atoms with Crippen LogP contribution in [-0.4, -0.2) is 69.9 Å². The summed E-state index contributed by atoms with van der Waals surface area (Å²) in [6, 6.07) is 11.3. The SMILES string of the molecule is COC(=O)OC1C(C(C)(C)C)C(C#N)(OC(=O)OC)C=CC12C(O[SiH](C)C)C(=O)N2OCc1ccccc1. The lowest BCUT2D eigenvalue weighted by molar-refractivity contribution is -0.308. The minimum atomic E-state index is -1.92.